The molecule has 0 nitrogen and oxygen atoms in total. The molecule has 54 valence electrons. The van der Waals surface area contributed by atoms with Gasteiger partial charge in [0.2, 0.25) is 0 Å². The lowest BCUT2D eigenvalue weighted by molar-refractivity contribution is 0.491. The average molecular weight is 238 g/mol. The number of rotatable bonds is 3. The van der Waals surface area contributed by atoms with Crippen LogP contribution < -0.4 is 0 Å². The van der Waals surface area contributed by atoms with E-state index >= 15 is 0 Å². The number of hydrogen-bond acceptors (Lipinski definition) is 0. The first kappa shape index (κ1) is 7.83. The standard InChI is InChI=1S/C8H15I/c1-3-8(9)6(2)7-4-5-7/h6-8H,3-5H2,1-2H3/t6-,8?/m0/s1. The van der Waals surface area contributed by atoms with Crippen LogP contribution in [0.15, 0.2) is 0 Å². The summed E-state index contributed by atoms with van der Waals surface area (Å²) in [6.07, 6.45) is 4.35. The maximum atomic E-state index is 2.59. The van der Waals surface area contributed by atoms with E-state index in [0.29, 0.717) is 0 Å². The minimum atomic E-state index is 0.926. The zero-order valence-corrected chi connectivity index (χ0v) is 8.39. The fourth-order valence-corrected chi connectivity index (χ4v) is 1.88. The Bertz CT molecular complexity index is 86.6. The van der Waals surface area contributed by atoms with Crippen LogP contribution in [-0.4, -0.2) is 3.92 Å². The maximum Gasteiger partial charge on any atom is 0.0135 e. The molecule has 1 aliphatic rings. The van der Waals surface area contributed by atoms with E-state index < -0.39 is 0 Å². The number of alkyl halides is 1. The van der Waals surface area contributed by atoms with Crippen LogP contribution >= 0.6 is 22.6 Å². The molecule has 0 saturated heterocycles. The molecule has 9 heavy (non-hydrogen) atoms. The monoisotopic (exact) mass is 238 g/mol. The Morgan fingerprint density at radius 2 is 2.11 bits per heavy atom. The first-order valence-electron chi connectivity index (χ1n) is 3.89. The molecule has 0 aliphatic heterocycles. The first-order valence-corrected chi connectivity index (χ1v) is 5.14. The smallest absolute Gasteiger partial charge is 0.0135 e. The van der Waals surface area contributed by atoms with Crippen molar-refractivity contribution < 1.29 is 0 Å². The molecule has 0 aromatic heterocycles. The van der Waals surface area contributed by atoms with Crippen molar-refractivity contribution in [3.63, 3.8) is 0 Å². The van der Waals surface area contributed by atoms with Crippen LogP contribution in [0.3, 0.4) is 0 Å². The molecule has 0 spiro atoms. The van der Waals surface area contributed by atoms with E-state index in [1.165, 1.54) is 19.3 Å². The summed E-state index contributed by atoms with van der Waals surface area (Å²) in [5.41, 5.74) is 0. The highest BCUT2D eigenvalue weighted by Gasteiger charge is 2.30. The van der Waals surface area contributed by atoms with E-state index in [4.69, 9.17) is 0 Å². The van der Waals surface area contributed by atoms with Crippen LogP contribution in [0.5, 0.6) is 0 Å². The molecule has 1 rings (SSSR count). The summed E-state index contributed by atoms with van der Waals surface area (Å²) < 4.78 is 0.926. The minimum absolute atomic E-state index is 0.926. The van der Waals surface area contributed by atoms with Crippen molar-refractivity contribution in [3.8, 4) is 0 Å². The zero-order valence-electron chi connectivity index (χ0n) is 6.23. The second-order valence-electron chi connectivity index (χ2n) is 3.12. The van der Waals surface area contributed by atoms with Crippen LogP contribution in [-0.2, 0) is 0 Å². The van der Waals surface area contributed by atoms with E-state index in [0.717, 1.165) is 15.8 Å². The van der Waals surface area contributed by atoms with Gasteiger partial charge in [0.15, 0.2) is 0 Å². The van der Waals surface area contributed by atoms with Gasteiger partial charge in [-0.05, 0) is 31.1 Å². The second-order valence-corrected chi connectivity index (χ2v) is 4.72. The Hall–Kier alpha value is 0.730. The van der Waals surface area contributed by atoms with Crippen LogP contribution in [0.25, 0.3) is 0 Å². The molecule has 2 atom stereocenters. The Kier molecular flexibility index (Phi) is 2.80. The Morgan fingerprint density at radius 3 is 2.44 bits per heavy atom. The van der Waals surface area contributed by atoms with E-state index in [2.05, 4.69) is 36.4 Å². The molecule has 1 saturated carbocycles. The molecule has 1 aliphatic carbocycles. The molecule has 0 aromatic rings. The summed E-state index contributed by atoms with van der Waals surface area (Å²) in [5, 5.41) is 0. The molecule has 0 heterocycles. The lowest BCUT2D eigenvalue weighted by Gasteiger charge is -2.14. The van der Waals surface area contributed by atoms with E-state index in [9.17, 15) is 0 Å². The minimum Gasteiger partial charge on any atom is -0.0823 e. The molecule has 0 aromatic carbocycles. The number of halogens is 1. The van der Waals surface area contributed by atoms with Gasteiger partial charge < -0.3 is 0 Å². The third-order valence-electron chi connectivity index (χ3n) is 2.33. The van der Waals surface area contributed by atoms with Crippen LogP contribution in [0.2, 0.25) is 0 Å². The summed E-state index contributed by atoms with van der Waals surface area (Å²) in [6, 6.07) is 0. The fraction of sp³-hybridized carbons (Fsp3) is 1.00. The molecule has 1 unspecified atom stereocenters. The largest absolute Gasteiger partial charge is 0.0823 e. The molecular formula is C8H15I. The lowest BCUT2D eigenvalue weighted by atomic mass is 10.0. The summed E-state index contributed by atoms with van der Waals surface area (Å²) in [6.45, 7) is 4.69. The normalized spacial score (nSPS) is 25.7. The molecule has 1 fully saturated rings. The summed E-state index contributed by atoms with van der Waals surface area (Å²) in [5.74, 6) is 2.07. The van der Waals surface area contributed by atoms with Crippen molar-refractivity contribution in [1.29, 1.82) is 0 Å². The van der Waals surface area contributed by atoms with Crippen molar-refractivity contribution in [2.45, 2.75) is 37.0 Å². The fourth-order valence-electron chi connectivity index (χ4n) is 1.29. The zero-order chi connectivity index (χ0) is 6.85. The van der Waals surface area contributed by atoms with E-state index in [1.54, 1.807) is 0 Å². The molecule has 0 N–H and O–H groups in total. The Labute approximate surface area is 71.5 Å². The first-order chi connectivity index (χ1) is 4.25. The van der Waals surface area contributed by atoms with Gasteiger partial charge >= 0.3 is 0 Å². The van der Waals surface area contributed by atoms with Crippen molar-refractivity contribution in [2.24, 2.45) is 11.8 Å². The van der Waals surface area contributed by atoms with Crippen molar-refractivity contribution in [2.75, 3.05) is 0 Å². The van der Waals surface area contributed by atoms with Crippen molar-refractivity contribution >= 4 is 22.6 Å². The topological polar surface area (TPSA) is 0 Å². The van der Waals surface area contributed by atoms with E-state index in [-0.39, 0.29) is 0 Å². The van der Waals surface area contributed by atoms with Gasteiger partial charge in [0.1, 0.15) is 0 Å². The average Bonchev–Trinajstić information content (AvgIpc) is 2.66. The van der Waals surface area contributed by atoms with Gasteiger partial charge in [0, 0.05) is 3.92 Å². The molecular weight excluding hydrogens is 223 g/mol. The highest BCUT2D eigenvalue weighted by molar-refractivity contribution is 14.1. The molecule has 1 heteroatoms. The summed E-state index contributed by atoms with van der Waals surface area (Å²) in [7, 11) is 0. The number of hydrogen-bond donors (Lipinski definition) is 0. The second kappa shape index (κ2) is 3.22. The van der Waals surface area contributed by atoms with Crippen molar-refractivity contribution in [3.05, 3.63) is 0 Å². The quantitative estimate of drug-likeness (QED) is 0.523. The third kappa shape index (κ3) is 2.10. The van der Waals surface area contributed by atoms with Gasteiger partial charge in [0.25, 0.3) is 0 Å². The molecule has 0 amide bonds. The van der Waals surface area contributed by atoms with Gasteiger partial charge in [-0.1, -0.05) is 36.4 Å². The van der Waals surface area contributed by atoms with Crippen LogP contribution in [0.4, 0.5) is 0 Å². The predicted octanol–water partition coefficient (Wildman–Crippen LogP) is 3.25. The summed E-state index contributed by atoms with van der Waals surface area (Å²) >= 11 is 2.59. The maximum absolute atomic E-state index is 2.59. The SMILES string of the molecule is CCC(I)[C@@H](C)C1CC1. The molecule has 0 radical (unpaired) electrons. The van der Waals surface area contributed by atoms with Crippen LogP contribution in [0.1, 0.15) is 33.1 Å². The van der Waals surface area contributed by atoms with Gasteiger partial charge in [-0.25, -0.2) is 0 Å². The lowest BCUT2D eigenvalue weighted by Crippen LogP contribution is -2.10. The Morgan fingerprint density at radius 1 is 1.56 bits per heavy atom. The summed E-state index contributed by atoms with van der Waals surface area (Å²) in [4.78, 5) is 0. The van der Waals surface area contributed by atoms with Gasteiger partial charge in [0.05, 0.1) is 0 Å². The van der Waals surface area contributed by atoms with Gasteiger partial charge in [-0.15, -0.1) is 0 Å². The highest BCUT2D eigenvalue weighted by atomic mass is 127. The molecule has 0 bridgehead atoms. The van der Waals surface area contributed by atoms with Crippen molar-refractivity contribution in [1.82, 2.24) is 0 Å². The van der Waals surface area contributed by atoms with Gasteiger partial charge in [-0.3, -0.25) is 0 Å². The Balaban J connectivity index is 2.22. The highest BCUT2D eigenvalue weighted by Crippen LogP contribution is 2.40. The predicted molar refractivity (Wildman–Crippen MR) is 50.0 cm³/mol. The van der Waals surface area contributed by atoms with E-state index in [1.807, 2.05) is 0 Å². The van der Waals surface area contributed by atoms with Crippen LogP contribution in [0, 0.1) is 11.8 Å². The third-order valence-corrected chi connectivity index (χ3v) is 4.34. The van der Waals surface area contributed by atoms with Gasteiger partial charge in [-0.2, -0.15) is 0 Å².